The molecule has 0 radical (unpaired) electrons. The van der Waals surface area contributed by atoms with E-state index < -0.39 is 66.7 Å². The van der Waals surface area contributed by atoms with Crippen LogP contribution in [0.2, 0.25) is 0 Å². The molecule has 7 nitrogen and oxygen atoms in total. The summed E-state index contributed by atoms with van der Waals surface area (Å²) in [6.45, 7) is 0.556. The van der Waals surface area contributed by atoms with Gasteiger partial charge in [-0.05, 0) is 11.6 Å². The molecule has 4 N–H and O–H groups in total. The van der Waals surface area contributed by atoms with E-state index in [1.54, 1.807) is 0 Å². The van der Waals surface area contributed by atoms with Gasteiger partial charge in [0, 0.05) is 11.5 Å². The molecule has 182 valence electrons. The number of aliphatic hydroxyl groups is 4. The van der Waals surface area contributed by atoms with E-state index in [-0.39, 0.29) is 16.8 Å². The summed E-state index contributed by atoms with van der Waals surface area (Å²) >= 11 is 0. The SMILES string of the molecule is C[C@H](c1ccc(-c2cnc(C(F)(F)F)cn2)cc1C(F)(F)F)[C@H]1OC(CO)[C@@H](O)C(O)C1O. The number of benzene rings is 1. The number of rotatable bonds is 4. The first kappa shape index (κ1) is 25.3. The minimum absolute atomic E-state index is 0.145. The van der Waals surface area contributed by atoms with Crippen molar-refractivity contribution in [2.24, 2.45) is 0 Å². The number of alkyl halides is 6. The van der Waals surface area contributed by atoms with E-state index in [1.165, 1.54) is 13.0 Å². The van der Waals surface area contributed by atoms with Crippen LogP contribution in [0.15, 0.2) is 30.6 Å². The minimum atomic E-state index is -4.90. The summed E-state index contributed by atoms with van der Waals surface area (Å²) in [7, 11) is 0. The van der Waals surface area contributed by atoms with Crippen LogP contribution in [-0.2, 0) is 17.1 Å². The zero-order chi connectivity index (χ0) is 24.7. The molecule has 1 saturated heterocycles. The molecule has 1 aromatic heterocycles. The Hall–Kier alpha value is -2.32. The van der Waals surface area contributed by atoms with Gasteiger partial charge in [0.1, 0.15) is 24.4 Å². The lowest BCUT2D eigenvalue weighted by molar-refractivity contribution is -0.233. The third-order valence-corrected chi connectivity index (χ3v) is 5.51. The lowest BCUT2D eigenvalue weighted by Crippen LogP contribution is -2.59. The summed E-state index contributed by atoms with van der Waals surface area (Å²) in [5.74, 6) is -1.17. The summed E-state index contributed by atoms with van der Waals surface area (Å²) < 4.78 is 84.9. The average molecular weight is 482 g/mol. The summed E-state index contributed by atoms with van der Waals surface area (Å²) in [6.07, 6.45) is -16.4. The molecule has 0 bridgehead atoms. The van der Waals surface area contributed by atoms with Crippen LogP contribution in [-0.4, -0.2) is 67.5 Å². The van der Waals surface area contributed by atoms with Gasteiger partial charge in [-0.3, -0.25) is 4.98 Å². The molecule has 33 heavy (non-hydrogen) atoms. The van der Waals surface area contributed by atoms with Gasteiger partial charge in [0.15, 0.2) is 5.69 Å². The largest absolute Gasteiger partial charge is 0.434 e. The fourth-order valence-electron chi connectivity index (χ4n) is 3.70. The van der Waals surface area contributed by atoms with E-state index in [4.69, 9.17) is 4.74 Å². The smallest absolute Gasteiger partial charge is 0.394 e. The zero-order valence-electron chi connectivity index (χ0n) is 16.9. The molecule has 13 heteroatoms. The average Bonchev–Trinajstić information content (AvgIpc) is 2.76. The highest BCUT2D eigenvalue weighted by molar-refractivity contribution is 5.61. The van der Waals surface area contributed by atoms with E-state index in [0.29, 0.717) is 18.5 Å². The molecule has 0 amide bonds. The molecule has 1 aliphatic heterocycles. The molecule has 2 heterocycles. The van der Waals surface area contributed by atoms with E-state index in [9.17, 15) is 46.8 Å². The van der Waals surface area contributed by atoms with Crippen molar-refractivity contribution < 1.29 is 51.5 Å². The van der Waals surface area contributed by atoms with Crippen LogP contribution in [0.4, 0.5) is 26.3 Å². The van der Waals surface area contributed by atoms with Gasteiger partial charge in [-0.1, -0.05) is 19.1 Å². The lowest BCUT2D eigenvalue weighted by Gasteiger charge is -2.42. The van der Waals surface area contributed by atoms with Crippen LogP contribution in [0, 0.1) is 0 Å². The molecule has 3 unspecified atom stereocenters. The van der Waals surface area contributed by atoms with Crippen LogP contribution in [0.3, 0.4) is 0 Å². The number of halogens is 6. The molecule has 3 rings (SSSR count). The van der Waals surface area contributed by atoms with Crippen LogP contribution in [0.1, 0.15) is 29.7 Å². The minimum Gasteiger partial charge on any atom is -0.394 e. The van der Waals surface area contributed by atoms with Gasteiger partial charge in [0.2, 0.25) is 0 Å². The van der Waals surface area contributed by atoms with Gasteiger partial charge in [0.25, 0.3) is 0 Å². The fraction of sp³-hybridized carbons (Fsp3) is 0.500. The molecular weight excluding hydrogens is 462 g/mol. The Bertz CT molecular complexity index is 967. The maximum atomic E-state index is 13.9. The Morgan fingerprint density at radius 3 is 2.12 bits per heavy atom. The second kappa shape index (κ2) is 9.14. The maximum absolute atomic E-state index is 13.9. The molecular formula is C20H20F6N2O5. The van der Waals surface area contributed by atoms with E-state index in [1.807, 2.05) is 0 Å². The quantitative estimate of drug-likeness (QED) is 0.494. The van der Waals surface area contributed by atoms with Gasteiger partial charge in [-0.2, -0.15) is 26.3 Å². The first-order valence-electron chi connectivity index (χ1n) is 9.67. The first-order valence-corrected chi connectivity index (χ1v) is 9.67. The summed E-state index contributed by atoms with van der Waals surface area (Å²) in [6, 6.07) is 2.94. The topological polar surface area (TPSA) is 116 Å². The van der Waals surface area contributed by atoms with E-state index in [2.05, 4.69) is 9.97 Å². The van der Waals surface area contributed by atoms with Crippen LogP contribution in [0.5, 0.6) is 0 Å². The second-order valence-electron chi connectivity index (χ2n) is 7.67. The van der Waals surface area contributed by atoms with Crippen LogP contribution < -0.4 is 0 Å². The van der Waals surface area contributed by atoms with Crippen LogP contribution >= 0.6 is 0 Å². The number of aromatic nitrogens is 2. The highest BCUT2D eigenvalue weighted by Gasteiger charge is 2.47. The van der Waals surface area contributed by atoms with Crippen molar-refractivity contribution in [2.45, 2.75) is 55.7 Å². The van der Waals surface area contributed by atoms with Crippen molar-refractivity contribution in [3.8, 4) is 11.3 Å². The van der Waals surface area contributed by atoms with E-state index in [0.717, 1.165) is 6.07 Å². The predicted molar refractivity (Wildman–Crippen MR) is 99.7 cm³/mol. The van der Waals surface area contributed by atoms with Gasteiger partial charge in [0.05, 0.1) is 36.4 Å². The predicted octanol–water partition coefficient (Wildman–Crippen LogP) is 2.13. The summed E-state index contributed by atoms with van der Waals surface area (Å²) in [5.41, 5.74) is -3.16. The van der Waals surface area contributed by atoms with Crippen molar-refractivity contribution in [1.29, 1.82) is 0 Å². The van der Waals surface area contributed by atoms with Crippen molar-refractivity contribution >= 4 is 0 Å². The third kappa shape index (κ3) is 5.11. The normalized spacial score (nSPS) is 27.4. The molecule has 6 atom stereocenters. The Morgan fingerprint density at radius 2 is 1.61 bits per heavy atom. The van der Waals surface area contributed by atoms with Gasteiger partial charge in [-0.15, -0.1) is 0 Å². The lowest BCUT2D eigenvalue weighted by atomic mass is 9.83. The number of hydrogen-bond acceptors (Lipinski definition) is 7. The van der Waals surface area contributed by atoms with Gasteiger partial charge >= 0.3 is 12.4 Å². The van der Waals surface area contributed by atoms with Gasteiger partial charge in [-0.25, -0.2) is 4.98 Å². The Kier molecular flexibility index (Phi) is 7.01. The number of hydrogen-bond donors (Lipinski definition) is 4. The Morgan fingerprint density at radius 1 is 0.939 bits per heavy atom. The number of nitrogens with zero attached hydrogens (tertiary/aromatic N) is 2. The summed E-state index contributed by atoms with van der Waals surface area (Å²) in [5, 5.41) is 39.4. The summed E-state index contributed by atoms with van der Waals surface area (Å²) in [4.78, 5) is 6.75. The molecule has 2 aromatic rings. The molecule has 1 aliphatic rings. The highest BCUT2D eigenvalue weighted by Crippen LogP contribution is 2.41. The van der Waals surface area contributed by atoms with Crippen molar-refractivity contribution in [2.75, 3.05) is 6.61 Å². The standard InChI is InChI=1S/C20H20F6N2O5/c1-8(18-17(32)16(31)15(30)13(7-29)33-18)10-3-2-9(4-11(10)19(21,22)23)12-5-28-14(6-27-12)20(24,25)26/h2-6,8,13,15-18,29-32H,7H2,1H3/t8-,13?,15-,16?,17?,18-/m1/s1. The fourth-order valence-corrected chi connectivity index (χ4v) is 3.70. The van der Waals surface area contributed by atoms with Crippen LogP contribution in [0.25, 0.3) is 11.3 Å². The number of ether oxygens (including phenoxy) is 1. The Labute approximate surface area is 183 Å². The van der Waals surface area contributed by atoms with Crippen molar-refractivity contribution in [3.63, 3.8) is 0 Å². The second-order valence-corrected chi connectivity index (χ2v) is 7.67. The third-order valence-electron chi connectivity index (χ3n) is 5.51. The molecule has 0 aliphatic carbocycles. The monoisotopic (exact) mass is 482 g/mol. The number of aliphatic hydroxyl groups excluding tert-OH is 4. The zero-order valence-corrected chi connectivity index (χ0v) is 16.9. The maximum Gasteiger partial charge on any atom is 0.434 e. The molecule has 0 spiro atoms. The van der Waals surface area contributed by atoms with Gasteiger partial charge < -0.3 is 25.2 Å². The first-order chi connectivity index (χ1) is 15.3. The molecule has 1 aromatic carbocycles. The molecule has 0 saturated carbocycles. The Balaban J connectivity index is 1.99. The highest BCUT2D eigenvalue weighted by atomic mass is 19.4. The van der Waals surface area contributed by atoms with Crippen molar-refractivity contribution in [3.05, 3.63) is 47.4 Å². The van der Waals surface area contributed by atoms with E-state index >= 15 is 0 Å². The van der Waals surface area contributed by atoms with Crippen molar-refractivity contribution in [1.82, 2.24) is 9.97 Å². The molecule has 1 fully saturated rings.